The normalized spacial score (nSPS) is 21.5. The van der Waals surface area contributed by atoms with Crippen LogP contribution in [0.2, 0.25) is 19.6 Å². The molecule has 1 saturated heterocycles. The topological polar surface area (TPSA) is 46.6 Å². The van der Waals surface area contributed by atoms with Crippen LogP contribution in [0.4, 0.5) is 4.39 Å². The number of hydrogen-bond acceptors (Lipinski definition) is 5. The molecule has 0 amide bonds. The van der Waals surface area contributed by atoms with E-state index in [1.165, 1.54) is 23.1 Å². The predicted molar refractivity (Wildman–Crippen MR) is 139 cm³/mol. The van der Waals surface area contributed by atoms with Crippen molar-refractivity contribution in [1.82, 2.24) is 4.90 Å². The summed E-state index contributed by atoms with van der Waals surface area (Å²) in [7, 11) is -1.63. The van der Waals surface area contributed by atoms with Crippen LogP contribution in [0.15, 0.2) is 48.5 Å². The highest BCUT2D eigenvalue weighted by atomic mass is 32.1. The second kappa shape index (κ2) is 9.36. The monoisotopic (exact) mass is 497 g/mol. The molecule has 1 fully saturated rings. The summed E-state index contributed by atoms with van der Waals surface area (Å²) in [5.74, 6) is -2.15. The molecular formula is C27H32FNO3SSi. The zero-order chi connectivity index (χ0) is 24.7. The number of piperidine rings is 1. The Hall–Kier alpha value is -2.35. The molecule has 0 aliphatic carbocycles. The molecule has 2 atom stereocenters. The average molecular weight is 498 g/mol. The molecule has 0 N–H and O–H groups in total. The lowest BCUT2D eigenvalue weighted by atomic mass is 9.75. The molecule has 7 heteroatoms. The van der Waals surface area contributed by atoms with Gasteiger partial charge < -0.3 is 4.74 Å². The van der Waals surface area contributed by atoms with Crippen molar-refractivity contribution in [3.63, 3.8) is 0 Å². The van der Waals surface area contributed by atoms with E-state index in [2.05, 4.69) is 42.7 Å². The second-order valence-corrected chi connectivity index (χ2v) is 16.9. The van der Waals surface area contributed by atoms with E-state index in [0.29, 0.717) is 25.1 Å². The van der Waals surface area contributed by atoms with Crippen molar-refractivity contribution >= 4 is 45.7 Å². The van der Waals surface area contributed by atoms with Gasteiger partial charge in [-0.2, -0.15) is 0 Å². The highest BCUT2D eigenvalue weighted by Crippen LogP contribution is 2.46. The maximum atomic E-state index is 15.7. The number of halogens is 1. The summed E-state index contributed by atoms with van der Waals surface area (Å²) >= 11 is 1.61. The zero-order valence-corrected chi connectivity index (χ0v) is 22.3. The molecule has 2 heterocycles. The Labute approximate surface area is 205 Å². The van der Waals surface area contributed by atoms with Crippen LogP contribution < -0.4 is 4.50 Å². The van der Waals surface area contributed by atoms with E-state index in [4.69, 9.17) is 4.74 Å². The van der Waals surface area contributed by atoms with Gasteiger partial charge in [0.25, 0.3) is 0 Å². The highest BCUT2D eigenvalue weighted by molar-refractivity contribution is 7.31. The molecular weight excluding hydrogens is 465 g/mol. The number of thiophene rings is 1. The molecule has 0 radical (unpaired) electrons. The molecule has 2 aromatic carbocycles. The Bertz CT molecular complexity index is 1220. The Morgan fingerprint density at radius 1 is 1.18 bits per heavy atom. The first-order chi connectivity index (χ1) is 16.0. The minimum Gasteiger partial charge on any atom is -0.448 e. The standard InChI is InChI=1S/C27H32FNO3SSi/c1-18-16-29(17-20-9-7-6-8-10-20)14-13-27(18,32-26(31)19(2)30)24-22(28)12-11-21-15-23(33-25(21)24)34(3,4)5/h6-12,15,18H,13-14,16-17H2,1-5H3. The number of carbonyl (C=O) groups is 2. The van der Waals surface area contributed by atoms with E-state index in [1.54, 1.807) is 11.3 Å². The van der Waals surface area contributed by atoms with Gasteiger partial charge >= 0.3 is 5.97 Å². The largest absolute Gasteiger partial charge is 0.448 e. The maximum absolute atomic E-state index is 15.7. The van der Waals surface area contributed by atoms with Crippen LogP contribution in [0.3, 0.4) is 0 Å². The molecule has 0 bridgehead atoms. The van der Waals surface area contributed by atoms with Crippen molar-refractivity contribution in [2.75, 3.05) is 13.1 Å². The van der Waals surface area contributed by atoms with Crippen molar-refractivity contribution in [3.05, 3.63) is 65.5 Å². The van der Waals surface area contributed by atoms with Crippen molar-refractivity contribution in [1.29, 1.82) is 0 Å². The van der Waals surface area contributed by atoms with Crippen LogP contribution in [0.5, 0.6) is 0 Å². The van der Waals surface area contributed by atoms with Crippen LogP contribution >= 0.6 is 11.3 Å². The van der Waals surface area contributed by atoms with Crippen molar-refractivity contribution in [3.8, 4) is 0 Å². The van der Waals surface area contributed by atoms with Gasteiger partial charge in [-0.1, -0.05) is 63.0 Å². The van der Waals surface area contributed by atoms with E-state index in [0.717, 1.165) is 16.6 Å². The van der Waals surface area contributed by atoms with Crippen LogP contribution in [-0.2, 0) is 26.5 Å². The number of rotatable bonds is 6. The molecule has 1 aliphatic rings. The van der Waals surface area contributed by atoms with Gasteiger partial charge in [0.1, 0.15) is 11.4 Å². The van der Waals surface area contributed by atoms with Gasteiger partial charge in [0.15, 0.2) is 0 Å². The van der Waals surface area contributed by atoms with Gasteiger partial charge in [0.05, 0.1) is 8.07 Å². The first-order valence-corrected chi connectivity index (χ1v) is 16.1. The number of likely N-dealkylation sites (tertiary alicyclic amines) is 1. The first kappa shape index (κ1) is 24.8. The van der Waals surface area contributed by atoms with E-state index in [-0.39, 0.29) is 11.7 Å². The second-order valence-electron chi connectivity index (χ2n) is 10.4. The third-order valence-electron chi connectivity index (χ3n) is 6.74. The molecule has 1 aromatic heterocycles. The summed E-state index contributed by atoms with van der Waals surface area (Å²) in [6, 6.07) is 15.7. The SMILES string of the molecule is CC(=O)C(=O)OC1(c2c(F)ccc3cc([Si](C)(C)C)sc23)CCN(Cc2ccccc2)CC1C. The number of ketones is 1. The Morgan fingerprint density at radius 2 is 1.88 bits per heavy atom. The Balaban J connectivity index is 1.79. The molecule has 0 spiro atoms. The summed E-state index contributed by atoms with van der Waals surface area (Å²) in [5, 5.41) is 0.969. The summed E-state index contributed by atoms with van der Waals surface area (Å²) in [4.78, 5) is 26.8. The smallest absolute Gasteiger partial charge is 0.375 e. The lowest BCUT2D eigenvalue weighted by Gasteiger charge is -2.46. The van der Waals surface area contributed by atoms with E-state index in [1.807, 2.05) is 31.2 Å². The molecule has 4 nitrogen and oxygen atoms in total. The van der Waals surface area contributed by atoms with Crippen LogP contribution in [0.1, 0.15) is 31.4 Å². The fourth-order valence-corrected chi connectivity index (χ4v) is 7.98. The number of nitrogens with zero attached hydrogens (tertiary/aromatic N) is 1. The van der Waals surface area contributed by atoms with Crippen LogP contribution in [0, 0.1) is 11.7 Å². The van der Waals surface area contributed by atoms with Crippen molar-refractivity contribution in [2.24, 2.45) is 5.92 Å². The molecule has 1 aliphatic heterocycles. The van der Waals surface area contributed by atoms with Gasteiger partial charge in [-0.05, 0) is 27.6 Å². The lowest BCUT2D eigenvalue weighted by molar-refractivity contribution is -0.178. The quantitative estimate of drug-likeness (QED) is 0.258. The Morgan fingerprint density at radius 3 is 2.50 bits per heavy atom. The molecule has 3 aromatic rings. The minimum atomic E-state index is -1.63. The van der Waals surface area contributed by atoms with E-state index >= 15 is 4.39 Å². The third-order valence-corrected chi connectivity index (χ3v) is 11.5. The molecule has 4 rings (SSSR count). The lowest BCUT2D eigenvalue weighted by Crippen LogP contribution is -2.52. The van der Waals surface area contributed by atoms with Crippen molar-refractivity contribution < 1.29 is 18.7 Å². The van der Waals surface area contributed by atoms with Gasteiger partial charge in [-0.3, -0.25) is 9.69 Å². The number of ether oxygens (including phenoxy) is 1. The number of Topliss-reactive ketones (excluding diaryl/α,β-unsaturated/α-hetero) is 1. The number of carbonyl (C=O) groups excluding carboxylic acids is 2. The van der Waals surface area contributed by atoms with Gasteiger partial charge in [0.2, 0.25) is 5.78 Å². The van der Waals surface area contributed by atoms with Crippen molar-refractivity contribution in [2.45, 2.75) is 52.1 Å². The molecule has 180 valence electrons. The minimum absolute atomic E-state index is 0.203. The summed E-state index contributed by atoms with van der Waals surface area (Å²) in [6.45, 7) is 12.0. The van der Waals surface area contributed by atoms with E-state index < -0.39 is 25.4 Å². The molecule has 0 saturated carbocycles. The Kier molecular flexibility index (Phi) is 6.82. The maximum Gasteiger partial charge on any atom is 0.375 e. The molecule has 2 unspecified atom stereocenters. The zero-order valence-electron chi connectivity index (χ0n) is 20.5. The number of esters is 1. The van der Waals surface area contributed by atoms with Crippen LogP contribution in [0.25, 0.3) is 10.1 Å². The fraction of sp³-hybridized carbons (Fsp3) is 0.407. The summed E-state index contributed by atoms with van der Waals surface area (Å²) in [5.41, 5.74) is 0.441. The summed E-state index contributed by atoms with van der Waals surface area (Å²) in [6.07, 6.45) is 0.427. The number of hydrogen-bond donors (Lipinski definition) is 0. The predicted octanol–water partition coefficient (Wildman–Crippen LogP) is 5.46. The average Bonchev–Trinajstić information content (AvgIpc) is 3.21. The van der Waals surface area contributed by atoms with E-state index in [9.17, 15) is 9.59 Å². The van der Waals surface area contributed by atoms with Gasteiger partial charge in [0, 0.05) is 49.2 Å². The fourth-order valence-electron chi connectivity index (χ4n) is 4.84. The molecule has 34 heavy (non-hydrogen) atoms. The number of fused-ring (bicyclic) bond motifs is 1. The van der Waals surface area contributed by atoms with Gasteiger partial charge in [-0.25, -0.2) is 9.18 Å². The third kappa shape index (κ3) is 4.74. The number of benzene rings is 2. The summed E-state index contributed by atoms with van der Waals surface area (Å²) < 4.78 is 23.7. The van der Waals surface area contributed by atoms with Gasteiger partial charge in [-0.15, -0.1) is 11.3 Å². The first-order valence-electron chi connectivity index (χ1n) is 11.7. The highest BCUT2D eigenvalue weighted by Gasteiger charge is 2.49. The van der Waals surface area contributed by atoms with Crippen LogP contribution in [-0.4, -0.2) is 37.8 Å².